The number of hydrogen-bond acceptors (Lipinski definition) is 2. The molecule has 0 saturated heterocycles. The Morgan fingerprint density at radius 3 is 2.71 bits per heavy atom. The third kappa shape index (κ3) is 2.28. The number of alkyl halides is 1. The highest BCUT2D eigenvalue weighted by Gasteiger charge is 2.14. The summed E-state index contributed by atoms with van der Waals surface area (Å²) in [5.41, 5.74) is 5.77. The molecular weight excluding hydrogens is 282 g/mol. The summed E-state index contributed by atoms with van der Waals surface area (Å²) in [6.07, 6.45) is 0. The normalized spacial score (nSPS) is 10.8. The van der Waals surface area contributed by atoms with E-state index in [9.17, 15) is 0 Å². The first-order valence-electron chi connectivity index (χ1n) is 6.69. The second kappa shape index (κ2) is 5.23. The fourth-order valence-corrected chi connectivity index (χ4v) is 2.69. The SMILES string of the molecule is Cc1ccc(C)c(-n2c(CCl)nc3ccc(C#N)cc32)c1. The molecule has 0 spiro atoms. The molecule has 3 nitrogen and oxygen atoms in total. The van der Waals surface area contributed by atoms with Crippen LogP contribution in [-0.2, 0) is 5.88 Å². The van der Waals surface area contributed by atoms with E-state index in [-0.39, 0.29) is 0 Å². The Balaban J connectivity index is 2.39. The summed E-state index contributed by atoms with van der Waals surface area (Å²) < 4.78 is 2.05. The van der Waals surface area contributed by atoms with E-state index in [1.807, 2.05) is 16.7 Å². The largest absolute Gasteiger partial charge is 0.295 e. The first-order valence-corrected chi connectivity index (χ1v) is 7.22. The molecule has 2 aromatic carbocycles. The van der Waals surface area contributed by atoms with Crippen LogP contribution in [0.4, 0.5) is 0 Å². The molecule has 0 aliphatic heterocycles. The molecule has 21 heavy (non-hydrogen) atoms. The van der Waals surface area contributed by atoms with Crippen LogP contribution in [0.1, 0.15) is 22.5 Å². The molecule has 0 radical (unpaired) electrons. The molecule has 3 rings (SSSR count). The monoisotopic (exact) mass is 295 g/mol. The lowest BCUT2D eigenvalue weighted by Crippen LogP contribution is -2.02. The van der Waals surface area contributed by atoms with Crippen LogP contribution in [0.3, 0.4) is 0 Å². The number of aromatic nitrogens is 2. The molecule has 1 aromatic heterocycles. The number of imidazole rings is 1. The van der Waals surface area contributed by atoms with Gasteiger partial charge in [-0.25, -0.2) is 4.98 Å². The van der Waals surface area contributed by atoms with E-state index in [1.54, 1.807) is 6.07 Å². The van der Waals surface area contributed by atoms with Gasteiger partial charge in [0.15, 0.2) is 0 Å². The fourth-order valence-electron chi connectivity index (χ4n) is 2.51. The Hall–Kier alpha value is -2.31. The summed E-state index contributed by atoms with van der Waals surface area (Å²) in [6.45, 7) is 4.12. The summed E-state index contributed by atoms with van der Waals surface area (Å²) in [5.74, 6) is 1.11. The predicted molar refractivity (Wildman–Crippen MR) is 84.8 cm³/mol. The quantitative estimate of drug-likeness (QED) is 0.663. The summed E-state index contributed by atoms with van der Waals surface area (Å²) in [7, 11) is 0. The Bertz CT molecular complexity index is 872. The van der Waals surface area contributed by atoms with Crippen LogP contribution in [0, 0.1) is 25.2 Å². The van der Waals surface area contributed by atoms with Gasteiger partial charge in [-0.1, -0.05) is 12.1 Å². The van der Waals surface area contributed by atoms with Gasteiger partial charge in [0, 0.05) is 0 Å². The van der Waals surface area contributed by atoms with Gasteiger partial charge in [-0.2, -0.15) is 5.26 Å². The highest BCUT2D eigenvalue weighted by atomic mass is 35.5. The second-order valence-electron chi connectivity index (χ2n) is 5.10. The van der Waals surface area contributed by atoms with E-state index in [2.05, 4.69) is 43.1 Å². The summed E-state index contributed by atoms with van der Waals surface area (Å²) in [6, 6.07) is 14.0. The van der Waals surface area contributed by atoms with Gasteiger partial charge in [-0.15, -0.1) is 11.6 Å². The van der Waals surface area contributed by atoms with Crippen molar-refractivity contribution in [3.63, 3.8) is 0 Å². The molecule has 3 aromatic rings. The molecule has 0 amide bonds. The van der Waals surface area contributed by atoms with Crippen LogP contribution < -0.4 is 0 Å². The zero-order valence-corrected chi connectivity index (χ0v) is 12.6. The van der Waals surface area contributed by atoms with Gasteiger partial charge >= 0.3 is 0 Å². The minimum absolute atomic E-state index is 0.323. The highest BCUT2D eigenvalue weighted by molar-refractivity contribution is 6.17. The van der Waals surface area contributed by atoms with Crippen molar-refractivity contribution in [3.05, 3.63) is 58.9 Å². The average Bonchev–Trinajstić information content (AvgIpc) is 2.87. The van der Waals surface area contributed by atoms with Crippen LogP contribution in [0.5, 0.6) is 0 Å². The second-order valence-corrected chi connectivity index (χ2v) is 5.37. The fraction of sp³-hybridized carbons (Fsp3) is 0.176. The molecule has 104 valence electrons. The van der Waals surface area contributed by atoms with Crippen molar-refractivity contribution in [1.29, 1.82) is 5.26 Å². The van der Waals surface area contributed by atoms with Crippen LogP contribution in [0.2, 0.25) is 0 Å². The topological polar surface area (TPSA) is 41.6 Å². The van der Waals surface area contributed by atoms with Crippen LogP contribution >= 0.6 is 11.6 Å². The van der Waals surface area contributed by atoms with Crippen molar-refractivity contribution in [2.24, 2.45) is 0 Å². The van der Waals surface area contributed by atoms with Gasteiger partial charge < -0.3 is 0 Å². The molecule has 0 fully saturated rings. The summed E-state index contributed by atoms with van der Waals surface area (Å²) >= 11 is 6.07. The molecule has 0 unspecified atom stereocenters. The van der Waals surface area contributed by atoms with E-state index >= 15 is 0 Å². The number of hydrogen-bond donors (Lipinski definition) is 0. The molecule has 0 bridgehead atoms. The predicted octanol–water partition coefficient (Wildman–Crippen LogP) is 4.25. The van der Waals surface area contributed by atoms with Gasteiger partial charge in [0.1, 0.15) is 5.82 Å². The van der Waals surface area contributed by atoms with Gasteiger partial charge in [-0.05, 0) is 49.2 Å². The van der Waals surface area contributed by atoms with Crippen molar-refractivity contribution in [2.45, 2.75) is 19.7 Å². The lowest BCUT2D eigenvalue weighted by molar-refractivity contribution is 0.970. The van der Waals surface area contributed by atoms with Crippen molar-refractivity contribution in [2.75, 3.05) is 0 Å². The summed E-state index contributed by atoms with van der Waals surface area (Å²) in [5, 5.41) is 9.12. The van der Waals surface area contributed by atoms with E-state index in [0.29, 0.717) is 11.4 Å². The van der Waals surface area contributed by atoms with Crippen molar-refractivity contribution >= 4 is 22.6 Å². The Morgan fingerprint density at radius 2 is 2.00 bits per heavy atom. The molecule has 1 heterocycles. The first-order chi connectivity index (χ1) is 10.1. The van der Waals surface area contributed by atoms with E-state index in [0.717, 1.165) is 28.1 Å². The number of benzene rings is 2. The van der Waals surface area contributed by atoms with Gasteiger partial charge in [0.05, 0.1) is 34.2 Å². The maximum Gasteiger partial charge on any atom is 0.129 e. The van der Waals surface area contributed by atoms with Crippen molar-refractivity contribution < 1.29 is 0 Å². The Labute approximate surface area is 128 Å². The van der Waals surface area contributed by atoms with Crippen LogP contribution in [0.25, 0.3) is 16.7 Å². The molecule has 0 N–H and O–H groups in total. The average molecular weight is 296 g/mol. The van der Waals surface area contributed by atoms with E-state index < -0.39 is 0 Å². The van der Waals surface area contributed by atoms with Gasteiger partial charge in [-0.3, -0.25) is 4.57 Å². The molecule has 0 saturated carbocycles. The van der Waals surface area contributed by atoms with Crippen molar-refractivity contribution in [1.82, 2.24) is 9.55 Å². The van der Waals surface area contributed by atoms with Crippen molar-refractivity contribution in [3.8, 4) is 11.8 Å². The first kappa shape index (κ1) is 13.7. The number of nitrogens with zero attached hydrogens (tertiary/aromatic N) is 3. The maximum absolute atomic E-state index is 9.12. The standard InChI is InChI=1S/C17H14ClN3/c1-11-3-4-12(2)15(7-11)21-16-8-13(10-19)5-6-14(16)20-17(21)9-18/h3-8H,9H2,1-2H3. The number of halogens is 1. The molecule has 0 atom stereocenters. The lowest BCUT2D eigenvalue weighted by atomic mass is 10.1. The maximum atomic E-state index is 9.12. The summed E-state index contributed by atoms with van der Waals surface area (Å²) in [4.78, 5) is 4.58. The zero-order valence-electron chi connectivity index (χ0n) is 11.9. The lowest BCUT2D eigenvalue weighted by Gasteiger charge is -2.12. The Kier molecular flexibility index (Phi) is 3.40. The van der Waals surface area contributed by atoms with Gasteiger partial charge in [0.2, 0.25) is 0 Å². The van der Waals surface area contributed by atoms with E-state index in [4.69, 9.17) is 16.9 Å². The molecule has 0 aliphatic carbocycles. The number of aryl methyl sites for hydroxylation is 2. The Morgan fingerprint density at radius 1 is 1.19 bits per heavy atom. The number of nitriles is 1. The minimum atomic E-state index is 0.323. The van der Waals surface area contributed by atoms with Crippen LogP contribution in [0.15, 0.2) is 36.4 Å². The highest BCUT2D eigenvalue weighted by Crippen LogP contribution is 2.26. The van der Waals surface area contributed by atoms with E-state index in [1.165, 1.54) is 5.56 Å². The van der Waals surface area contributed by atoms with Gasteiger partial charge in [0.25, 0.3) is 0 Å². The molecular formula is C17H14ClN3. The zero-order chi connectivity index (χ0) is 15.0. The minimum Gasteiger partial charge on any atom is -0.295 e. The molecule has 0 aliphatic rings. The molecule has 4 heteroatoms. The smallest absolute Gasteiger partial charge is 0.129 e. The number of fused-ring (bicyclic) bond motifs is 1. The third-order valence-electron chi connectivity index (χ3n) is 3.58. The van der Waals surface area contributed by atoms with Crippen LogP contribution in [-0.4, -0.2) is 9.55 Å². The third-order valence-corrected chi connectivity index (χ3v) is 3.82. The number of rotatable bonds is 2.